The van der Waals surface area contributed by atoms with Gasteiger partial charge in [0, 0.05) is 15.4 Å². The molecule has 19 heavy (non-hydrogen) atoms. The van der Waals surface area contributed by atoms with Crippen LogP contribution in [0.4, 0.5) is 0 Å². The van der Waals surface area contributed by atoms with Crippen LogP contribution in [-0.2, 0) is 6.42 Å². The molecule has 1 N–H and O–H groups in total. The molecule has 0 aliphatic heterocycles. The average molecular weight is 379 g/mol. The molecule has 5 heteroatoms. The van der Waals surface area contributed by atoms with Gasteiger partial charge in [-0.25, -0.2) is 0 Å². The highest BCUT2D eigenvalue weighted by Gasteiger charge is 2.16. The van der Waals surface area contributed by atoms with Crippen LogP contribution in [0.2, 0.25) is 10.0 Å². The second-order valence-corrected chi connectivity index (χ2v) is 6.81. The fourth-order valence-corrected chi connectivity index (χ4v) is 4.01. The minimum absolute atomic E-state index is 0.289. The van der Waals surface area contributed by atoms with Crippen molar-refractivity contribution in [3.8, 4) is 0 Å². The minimum atomic E-state index is 0.289. The molecule has 0 aliphatic carbocycles. The molecule has 0 saturated heterocycles. The molecule has 1 atom stereocenters. The molecular weight excluding hydrogens is 365 g/mol. The van der Waals surface area contributed by atoms with Crippen LogP contribution in [0.25, 0.3) is 0 Å². The van der Waals surface area contributed by atoms with Gasteiger partial charge in [-0.05, 0) is 58.0 Å². The molecule has 0 amide bonds. The van der Waals surface area contributed by atoms with Crippen molar-refractivity contribution in [2.24, 2.45) is 0 Å². The van der Waals surface area contributed by atoms with Crippen LogP contribution in [0.15, 0.2) is 34.1 Å². The number of hydrogen-bond donors (Lipinski definition) is 1. The Morgan fingerprint density at radius 2 is 2.05 bits per heavy atom. The number of benzene rings is 1. The molecule has 1 nitrogen and oxygen atoms in total. The predicted octanol–water partition coefficient (Wildman–Crippen LogP) is 5.71. The summed E-state index contributed by atoms with van der Waals surface area (Å²) < 4.78 is 1.16. The van der Waals surface area contributed by atoms with Crippen LogP contribution in [0.5, 0.6) is 0 Å². The van der Waals surface area contributed by atoms with E-state index < -0.39 is 0 Å². The number of halogens is 3. The van der Waals surface area contributed by atoms with Crippen molar-refractivity contribution in [3.05, 3.63) is 54.6 Å². The molecule has 2 rings (SSSR count). The van der Waals surface area contributed by atoms with Crippen LogP contribution in [0.3, 0.4) is 0 Å². The number of rotatable bonds is 5. The van der Waals surface area contributed by atoms with Crippen molar-refractivity contribution in [2.45, 2.75) is 19.4 Å². The maximum absolute atomic E-state index is 6.07. The number of thiophene rings is 1. The van der Waals surface area contributed by atoms with Crippen LogP contribution in [0, 0.1) is 0 Å². The molecule has 0 saturated carbocycles. The van der Waals surface area contributed by atoms with E-state index in [0.29, 0.717) is 10.0 Å². The third kappa shape index (κ3) is 3.96. The first-order valence-electron chi connectivity index (χ1n) is 6.02. The van der Waals surface area contributed by atoms with Gasteiger partial charge in [-0.2, -0.15) is 0 Å². The highest BCUT2D eigenvalue weighted by Crippen LogP contribution is 2.32. The molecule has 0 radical (unpaired) electrons. The second kappa shape index (κ2) is 7.09. The van der Waals surface area contributed by atoms with Gasteiger partial charge in [-0.1, -0.05) is 36.2 Å². The van der Waals surface area contributed by atoms with E-state index in [0.717, 1.165) is 17.4 Å². The largest absolute Gasteiger partial charge is 0.309 e. The molecule has 0 bridgehead atoms. The molecule has 1 unspecified atom stereocenters. The monoisotopic (exact) mass is 377 g/mol. The predicted molar refractivity (Wildman–Crippen MR) is 88.6 cm³/mol. The summed E-state index contributed by atoms with van der Waals surface area (Å²) in [5.41, 5.74) is 1.18. The van der Waals surface area contributed by atoms with Gasteiger partial charge >= 0.3 is 0 Å². The molecule has 0 fully saturated rings. The third-order valence-electron chi connectivity index (χ3n) is 2.84. The van der Waals surface area contributed by atoms with Crippen LogP contribution in [-0.4, -0.2) is 6.54 Å². The van der Waals surface area contributed by atoms with Crippen molar-refractivity contribution in [1.29, 1.82) is 0 Å². The lowest BCUT2D eigenvalue weighted by molar-refractivity contribution is 0.556. The molecule has 1 heterocycles. The van der Waals surface area contributed by atoms with Crippen molar-refractivity contribution < 1.29 is 0 Å². The standard InChI is InChI=1S/C14H14BrCl2NS/c1-2-18-13(14-10(15)5-6-19-14)8-9-3-4-11(16)12(17)7-9/h3-7,13,18H,2,8H2,1H3. The topological polar surface area (TPSA) is 12.0 Å². The maximum Gasteiger partial charge on any atom is 0.0595 e. The van der Waals surface area contributed by atoms with Gasteiger partial charge in [0.05, 0.1) is 10.0 Å². The second-order valence-electron chi connectivity index (χ2n) is 4.20. The third-order valence-corrected chi connectivity index (χ3v) is 5.56. The Labute approximate surface area is 136 Å². The number of nitrogens with one attached hydrogen (secondary N) is 1. The Morgan fingerprint density at radius 3 is 2.63 bits per heavy atom. The van der Waals surface area contributed by atoms with Crippen molar-refractivity contribution >= 4 is 50.5 Å². The van der Waals surface area contributed by atoms with Crippen molar-refractivity contribution in [1.82, 2.24) is 5.32 Å². The molecule has 0 spiro atoms. The summed E-state index contributed by atoms with van der Waals surface area (Å²) in [5, 5.41) is 6.82. The SMILES string of the molecule is CCNC(Cc1ccc(Cl)c(Cl)c1)c1sccc1Br. The Bertz CT molecular complexity index is 556. The zero-order valence-electron chi connectivity index (χ0n) is 10.4. The first kappa shape index (κ1) is 15.3. The van der Waals surface area contributed by atoms with E-state index in [2.05, 4.69) is 39.6 Å². The Hall–Kier alpha value is -0.0600. The summed E-state index contributed by atoms with van der Waals surface area (Å²) in [6.45, 7) is 3.04. The molecular formula is C14H14BrCl2NS. The molecule has 2 aromatic rings. The summed E-state index contributed by atoms with van der Waals surface area (Å²) in [6, 6.07) is 8.19. The van der Waals surface area contributed by atoms with Crippen LogP contribution >= 0.6 is 50.5 Å². The summed E-state index contributed by atoms with van der Waals surface area (Å²) in [4.78, 5) is 1.31. The van der Waals surface area contributed by atoms with Gasteiger partial charge in [-0.3, -0.25) is 0 Å². The summed E-state index contributed by atoms with van der Waals surface area (Å²) in [5.74, 6) is 0. The number of hydrogen-bond acceptors (Lipinski definition) is 2. The van der Waals surface area contributed by atoms with E-state index >= 15 is 0 Å². The average Bonchev–Trinajstić information content (AvgIpc) is 2.79. The molecule has 1 aromatic heterocycles. The van der Waals surface area contributed by atoms with Crippen molar-refractivity contribution in [2.75, 3.05) is 6.54 Å². The minimum Gasteiger partial charge on any atom is -0.309 e. The highest BCUT2D eigenvalue weighted by atomic mass is 79.9. The van der Waals surface area contributed by atoms with Gasteiger partial charge in [0.2, 0.25) is 0 Å². The first-order chi connectivity index (χ1) is 9.11. The van der Waals surface area contributed by atoms with Gasteiger partial charge in [-0.15, -0.1) is 11.3 Å². The molecule has 1 aromatic carbocycles. The van der Waals surface area contributed by atoms with E-state index in [4.69, 9.17) is 23.2 Å². The van der Waals surface area contributed by atoms with E-state index in [1.165, 1.54) is 10.4 Å². The van der Waals surface area contributed by atoms with E-state index in [-0.39, 0.29) is 6.04 Å². The van der Waals surface area contributed by atoms with E-state index in [1.807, 2.05) is 18.2 Å². The summed E-state index contributed by atoms with van der Waals surface area (Å²) >= 11 is 17.4. The lowest BCUT2D eigenvalue weighted by atomic mass is 10.0. The zero-order valence-corrected chi connectivity index (χ0v) is 14.3. The Balaban J connectivity index is 2.21. The van der Waals surface area contributed by atoms with Gasteiger partial charge < -0.3 is 5.32 Å². The van der Waals surface area contributed by atoms with Crippen LogP contribution in [0.1, 0.15) is 23.4 Å². The molecule has 102 valence electrons. The quantitative estimate of drug-likeness (QED) is 0.702. The zero-order chi connectivity index (χ0) is 13.8. The van der Waals surface area contributed by atoms with E-state index in [9.17, 15) is 0 Å². The summed E-state index contributed by atoms with van der Waals surface area (Å²) in [7, 11) is 0. The molecule has 0 aliphatic rings. The fraction of sp³-hybridized carbons (Fsp3) is 0.286. The maximum atomic E-state index is 6.07. The van der Waals surface area contributed by atoms with Crippen LogP contribution < -0.4 is 5.32 Å². The highest BCUT2D eigenvalue weighted by molar-refractivity contribution is 9.10. The van der Waals surface area contributed by atoms with Gasteiger partial charge in [0.1, 0.15) is 0 Å². The lowest BCUT2D eigenvalue weighted by Gasteiger charge is -2.17. The van der Waals surface area contributed by atoms with Gasteiger partial charge in [0.15, 0.2) is 0 Å². The first-order valence-corrected chi connectivity index (χ1v) is 8.45. The van der Waals surface area contributed by atoms with E-state index in [1.54, 1.807) is 11.3 Å². The lowest BCUT2D eigenvalue weighted by Crippen LogP contribution is -2.22. The Morgan fingerprint density at radius 1 is 1.26 bits per heavy atom. The van der Waals surface area contributed by atoms with Gasteiger partial charge in [0.25, 0.3) is 0 Å². The Kier molecular flexibility index (Phi) is 5.72. The number of likely N-dealkylation sites (N-methyl/N-ethyl adjacent to an activating group) is 1. The fourth-order valence-electron chi connectivity index (χ4n) is 1.96. The smallest absolute Gasteiger partial charge is 0.0595 e. The summed E-state index contributed by atoms with van der Waals surface area (Å²) in [6.07, 6.45) is 0.893. The normalized spacial score (nSPS) is 12.6. The van der Waals surface area contributed by atoms with Crippen molar-refractivity contribution in [3.63, 3.8) is 0 Å².